The van der Waals surface area contributed by atoms with Gasteiger partial charge in [-0.15, -0.1) is 0 Å². The molecule has 2 atom stereocenters. The van der Waals surface area contributed by atoms with Crippen LogP contribution in [-0.2, 0) is 14.3 Å². The maximum Gasteiger partial charge on any atom is 0.312 e. The Kier molecular flexibility index (Phi) is 8.48. The van der Waals surface area contributed by atoms with Gasteiger partial charge in [-0.3, -0.25) is 9.59 Å². The molecule has 0 bridgehead atoms. The van der Waals surface area contributed by atoms with E-state index >= 15 is 0 Å². The average Bonchev–Trinajstić information content (AvgIpc) is 2.71. The van der Waals surface area contributed by atoms with Crippen LogP contribution in [0.3, 0.4) is 0 Å². The molecule has 29 heavy (non-hydrogen) atoms. The van der Waals surface area contributed by atoms with E-state index < -0.39 is 30.6 Å². The lowest BCUT2D eigenvalue weighted by Gasteiger charge is -2.17. The number of nitrogens with two attached hydrogens (primary N) is 1. The highest BCUT2D eigenvalue weighted by atomic mass is 35.5. The molecule has 8 heteroatoms. The summed E-state index contributed by atoms with van der Waals surface area (Å²) in [6.45, 7) is 2.02. The van der Waals surface area contributed by atoms with Crippen LogP contribution in [0, 0.1) is 0 Å². The fourth-order valence-corrected chi connectivity index (χ4v) is 2.83. The maximum absolute atomic E-state index is 12.1. The lowest BCUT2D eigenvalue weighted by atomic mass is 10.0. The van der Waals surface area contributed by atoms with E-state index in [0.717, 1.165) is 5.56 Å². The van der Waals surface area contributed by atoms with E-state index in [2.05, 4.69) is 10.6 Å². The third-order valence-corrected chi connectivity index (χ3v) is 4.55. The number of carbonyl (C=O) groups is 3. The van der Waals surface area contributed by atoms with E-state index in [1.165, 1.54) is 0 Å². The number of hydrogen-bond acceptors (Lipinski definition) is 4. The summed E-state index contributed by atoms with van der Waals surface area (Å²) in [5.74, 6) is -0.901. The number of amides is 3. The first kappa shape index (κ1) is 22.2. The third kappa shape index (κ3) is 7.83. The summed E-state index contributed by atoms with van der Waals surface area (Å²) in [4.78, 5) is 35.3. The number of benzene rings is 2. The zero-order valence-electron chi connectivity index (χ0n) is 16.1. The van der Waals surface area contributed by atoms with E-state index in [1.807, 2.05) is 37.3 Å². The van der Waals surface area contributed by atoms with Gasteiger partial charge in [0.15, 0.2) is 6.61 Å². The van der Waals surface area contributed by atoms with Gasteiger partial charge in [-0.05, 0) is 29.2 Å². The summed E-state index contributed by atoms with van der Waals surface area (Å²) in [6, 6.07) is 14.9. The van der Waals surface area contributed by atoms with Gasteiger partial charge in [0.05, 0.1) is 12.5 Å². The molecule has 0 heterocycles. The highest BCUT2D eigenvalue weighted by Crippen LogP contribution is 2.20. The summed E-state index contributed by atoms with van der Waals surface area (Å²) in [5.41, 5.74) is 6.93. The number of urea groups is 1. The second-order valence-corrected chi connectivity index (χ2v) is 7.03. The van der Waals surface area contributed by atoms with Crippen LogP contribution in [0.5, 0.6) is 0 Å². The number of esters is 1. The predicted molar refractivity (Wildman–Crippen MR) is 110 cm³/mol. The topological polar surface area (TPSA) is 111 Å². The Hall–Kier alpha value is -3.06. The van der Waals surface area contributed by atoms with Gasteiger partial charge in [0.1, 0.15) is 0 Å². The Balaban J connectivity index is 1.81. The van der Waals surface area contributed by atoms with E-state index in [-0.39, 0.29) is 12.3 Å². The van der Waals surface area contributed by atoms with Gasteiger partial charge >= 0.3 is 12.0 Å². The number of ether oxygens (including phenoxy) is 1. The first-order valence-corrected chi connectivity index (χ1v) is 9.51. The molecule has 0 spiro atoms. The van der Waals surface area contributed by atoms with Crippen molar-refractivity contribution in [2.24, 2.45) is 5.73 Å². The van der Waals surface area contributed by atoms with Crippen molar-refractivity contribution in [2.75, 3.05) is 13.2 Å². The number of halogens is 1. The highest BCUT2D eigenvalue weighted by Gasteiger charge is 2.19. The number of hydrogen-bond donors (Lipinski definition) is 3. The van der Waals surface area contributed by atoms with Gasteiger partial charge in [-0.2, -0.15) is 0 Å². The first-order chi connectivity index (χ1) is 13.8. The largest absolute Gasteiger partial charge is 0.456 e. The SMILES string of the molecule is C[C@@H](CNC(=O)COC(=O)C[C@H](NC(N)=O)c1ccc(Cl)cc1)c1ccccc1. The van der Waals surface area contributed by atoms with Crippen molar-refractivity contribution in [3.05, 3.63) is 70.7 Å². The van der Waals surface area contributed by atoms with Gasteiger partial charge in [0.2, 0.25) is 0 Å². The fraction of sp³-hybridized carbons (Fsp3) is 0.286. The number of nitrogens with one attached hydrogen (secondary N) is 2. The van der Waals surface area contributed by atoms with Crippen molar-refractivity contribution in [1.82, 2.24) is 10.6 Å². The Bertz CT molecular complexity index is 828. The zero-order valence-corrected chi connectivity index (χ0v) is 16.8. The van der Waals surface area contributed by atoms with Crippen molar-refractivity contribution in [3.8, 4) is 0 Å². The second kappa shape index (κ2) is 11.1. The molecular weight excluding hydrogens is 394 g/mol. The summed E-state index contributed by atoms with van der Waals surface area (Å²) in [6.07, 6.45) is -0.168. The molecule has 0 saturated carbocycles. The molecule has 154 valence electrons. The number of primary amides is 1. The molecule has 2 rings (SSSR count). The third-order valence-electron chi connectivity index (χ3n) is 4.30. The molecule has 0 aliphatic heterocycles. The maximum atomic E-state index is 12.1. The van der Waals surface area contributed by atoms with Crippen LogP contribution in [0.4, 0.5) is 4.79 Å². The summed E-state index contributed by atoms with van der Waals surface area (Å²) < 4.78 is 5.03. The minimum atomic E-state index is -0.773. The molecule has 2 aromatic rings. The first-order valence-electron chi connectivity index (χ1n) is 9.14. The Morgan fingerprint density at radius 1 is 1.03 bits per heavy atom. The molecule has 0 fully saturated rings. The second-order valence-electron chi connectivity index (χ2n) is 6.59. The lowest BCUT2D eigenvalue weighted by Crippen LogP contribution is -2.35. The fourth-order valence-electron chi connectivity index (χ4n) is 2.71. The van der Waals surface area contributed by atoms with Crippen molar-refractivity contribution < 1.29 is 19.1 Å². The smallest absolute Gasteiger partial charge is 0.312 e. The summed E-state index contributed by atoms with van der Waals surface area (Å²) >= 11 is 5.86. The number of carbonyl (C=O) groups excluding carboxylic acids is 3. The van der Waals surface area contributed by atoms with Crippen molar-refractivity contribution >= 4 is 29.5 Å². The molecule has 0 radical (unpaired) electrons. The van der Waals surface area contributed by atoms with Crippen molar-refractivity contribution in [2.45, 2.75) is 25.3 Å². The van der Waals surface area contributed by atoms with E-state index in [1.54, 1.807) is 24.3 Å². The Morgan fingerprint density at radius 3 is 2.31 bits per heavy atom. The van der Waals surface area contributed by atoms with Gasteiger partial charge in [0, 0.05) is 11.6 Å². The molecule has 0 saturated heterocycles. The molecule has 2 aromatic carbocycles. The Morgan fingerprint density at radius 2 is 1.69 bits per heavy atom. The van der Waals surface area contributed by atoms with Gasteiger partial charge in [-0.25, -0.2) is 4.79 Å². The van der Waals surface area contributed by atoms with E-state index in [4.69, 9.17) is 22.1 Å². The standard InChI is InChI=1S/C21H24ClN3O4/c1-14(15-5-3-2-4-6-15)12-24-19(26)13-29-20(27)11-18(25-21(23)28)16-7-9-17(22)10-8-16/h2-10,14,18H,11-13H2,1H3,(H,24,26)(H3,23,25,28)/t14-,18-/m0/s1. The van der Waals surface area contributed by atoms with Crippen LogP contribution in [0.15, 0.2) is 54.6 Å². The van der Waals surface area contributed by atoms with Crippen LogP contribution in [0.2, 0.25) is 5.02 Å². The number of rotatable bonds is 9. The molecule has 4 N–H and O–H groups in total. The van der Waals surface area contributed by atoms with Gasteiger partial charge < -0.3 is 21.1 Å². The highest BCUT2D eigenvalue weighted by molar-refractivity contribution is 6.30. The van der Waals surface area contributed by atoms with Crippen molar-refractivity contribution in [3.63, 3.8) is 0 Å². The van der Waals surface area contributed by atoms with E-state index in [9.17, 15) is 14.4 Å². The molecular formula is C21H24ClN3O4. The predicted octanol–water partition coefficient (Wildman–Crippen LogP) is 2.90. The lowest BCUT2D eigenvalue weighted by molar-refractivity contribution is -0.149. The quantitative estimate of drug-likeness (QED) is 0.545. The monoisotopic (exact) mass is 417 g/mol. The summed E-state index contributed by atoms with van der Waals surface area (Å²) in [7, 11) is 0. The minimum Gasteiger partial charge on any atom is -0.456 e. The van der Waals surface area contributed by atoms with Crippen LogP contribution in [0.25, 0.3) is 0 Å². The summed E-state index contributed by atoms with van der Waals surface area (Å²) in [5, 5.41) is 5.75. The van der Waals surface area contributed by atoms with Gasteiger partial charge in [0.25, 0.3) is 5.91 Å². The van der Waals surface area contributed by atoms with Crippen LogP contribution >= 0.6 is 11.6 Å². The van der Waals surface area contributed by atoms with Crippen LogP contribution in [-0.4, -0.2) is 31.1 Å². The minimum absolute atomic E-state index is 0.130. The molecule has 7 nitrogen and oxygen atoms in total. The molecule has 0 aromatic heterocycles. The normalized spacial score (nSPS) is 12.5. The van der Waals surface area contributed by atoms with Crippen LogP contribution in [0.1, 0.15) is 36.4 Å². The molecule has 0 aliphatic rings. The Labute approximate surface area is 174 Å². The van der Waals surface area contributed by atoms with Crippen molar-refractivity contribution in [1.29, 1.82) is 0 Å². The molecule has 0 unspecified atom stereocenters. The molecule has 0 aliphatic carbocycles. The van der Waals surface area contributed by atoms with E-state index in [0.29, 0.717) is 17.1 Å². The van der Waals surface area contributed by atoms with Gasteiger partial charge in [-0.1, -0.05) is 61.0 Å². The van der Waals surface area contributed by atoms with Crippen LogP contribution < -0.4 is 16.4 Å². The zero-order chi connectivity index (χ0) is 21.2. The average molecular weight is 418 g/mol. The molecule has 3 amide bonds.